The summed E-state index contributed by atoms with van der Waals surface area (Å²) in [5.74, 6) is 0.654. The molecule has 0 atom stereocenters. The second-order valence-electron chi connectivity index (χ2n) is 4.77. The van der Waals surface area contributed by atoms with Gasteiger partial charge in [-0.1, -0.05) is 41.4 Å². The van der Waals surface area contributed by atoms with Crippen molar-refractivity contribution in [2.45, 2.75) is 13.5 Å². The zero-order valence-electron chi connectivity index (χ0n) is 12.5. The monoisotopic (exact) mass is 337 g/mol. The number of halogens is 2. The molecule has 2 rings (SSSR count). The summed E-state index contributed by atoms with van der Waals surface area (Å²) >= 11 is 12.1. The predicted molar refractivity (Wildman–Crippen MR) is 89.9 cm³/mol. The third-order valence-corrected chi connectivity index (χ3v) is 4.20. The van der Waals surface area contributed by atoms with Crippen LogP contribution in [0.1, 0.15) is 22.8 Å². The van der Waals surface area contributed by atoms with E-state index in [0.29, 0.717) is 28.7 Å². The van der Waals surface area contributed by atoms with Crippen molar-refractivity contribution in [1.82, 2.24) is 4.90 Å². The maximum absolute atomic E-state index is 12.6. The normalized spacial score (nSPS) is 10.4. The Morgan fingerprint density at radius 3 is 2.41 bits per heavy atom. The molecule has 3 nitrogen and oxygen atoms in total. The Morgan fingerprint density at radius 1 is 1.14 bits per heavy atom. The molecule has 0 aromatic heterocycles. The fourth-order valence-corrected chi connectivity index (χ4v) is 2.50. The van der Waals surface area contributed by atoms with E-state index in [-0.39, 0.29) is 5.91 Å². The molecule has 0 saturated carbocycles. The lowest BCUT2D eigenvalue weighted by molar-refractivity contribution is 0.0753. The van der Waals surface area contributed by atoms with E-state index in [4.69, 9.17) is 27.9 Å². The smallest absolute Gasteiger partial charge is 0.255 e. The van der Waals surface area contributed by atoms with Gasteiger partial charge >= 0.3 is 0 Å². The molecule has 0 saturated heterocycles. The number of carbonyl (C=O) groups is 1. The molecule has 0 N–H and O–H groups in total. The third-order valence-electron chi connectivity index (χ3n) is 3.38. The van der Waals surface area contributed by atoms with Gasteiger partial charge in [-0.2, -0.15) is 0 Å². The van der Waals surface area contributed by atoms with Crippen LogP contribution in [-0.4, -0.2) is 24.5 Å². The molecule has 0 radical (unpaired) electrons. The molecule has 116 valence electrons. The van der Waals surface area contributed by atoms with Crippen molar-refractivity contribution in [2.24, 2.45) is 0 Å². The second kappa shape index (κ2) is 7.52. The first-order valence-corrected chi connectivity index (χ1v) is 7.68. The van der Waals surface area contributed by atoms with Crippen LogP contribution in [0.2, 0.25) is 10.0 Å². The lowest BCUT2D eigenvalue weighted by atomic mass is 10.1. The lowest BCUT2D eigenvalue weighted by Crippen LogP contribution is -2.30. The van der Waals surface area contributed by atoms with E-state index in [9.17, 15) is 4.79 Å². The molecule has 0 unspecified atom stereocenters. The number of benzene rings is 2. The van der Waals surface area contributed by atoms with Gasteiger partial charge in [0.2, 0.25) is 0 Å². The molecule has 0 aliphatic carbocycles. The van der Waals surface area contributed by atoms with Gasteiger partial charge in [-0.3, -0.25) is 4.79 Å². The van der Waals surface area contributed by atoms with Crippen LogP contribution in [0.3, 0.4) is 0 Å². The molecule has 0 bridgehead atoms. The van der Waals surface area contributed by atoms with Crippen molar-refractivity contribution in [1.29, 1.82) is 0 Å². The van der Waals surface area contributed by atoms with E-state index in [1.807, 2.05) is 31.2 Å². The van der Waals surface area contributed by atoms with Gasteiger partial charge in [-0.15, -0.1) is 0 Å². The quantitative estimate of drug-likeness (QED) is 0.793. The number of hydrogen-bond donors (Lipinski definition) is 0. The molecular formula is C17H17Cl2NO2. The Kier molecular flexibility index (Phi) is 5.69. The number of methoxy groups -OCH3 is 1. The average Bonchev–Trinajstić information content (AvgIpc) is 2.55. The fourth-order valence-electron chi connectivity index (χ4n) is 2.12. The van der Waals surface area contributed by atoms with E-state index >= 15 is 0 Å². The zero-order valence-corrected chi connectivity index (χ0v) is 14.0. The third kappa shape index (κ3) is 3.73. The first kappa shape index (κ1) is 16.7. The van der Waals surface area contributed by atoms with E-state index in [2.05, 4.69) is 0 Å². The van der Waals surface area contributed by atoms with Crippen LogP contribution in [0.25, 0.3) is 0 Å². The van der Waals surface area contributed by atoms with Gasteiger partial charge in [0.05, 0.1) is 22.7 Å². The first-order chi connectivity index (χ1) is 10.6. The number of hydrogen-bond acceptors (Lipinski definition) is 2. The SMILES string of the molecule is CCN(Cc1ccc(OC)cc1)C(=O)c1cccc(Cl)c1Cl. The van der Waals surface area contributed by atoms with Crippen molar-refractivity contribution in [3.05, 3.63) is 63.6 Å². The molecule has 0 spiro atoms. The molecule has 2 aromatic rings. The molecule has 0 aliphatic rings. The van der Waals surface area contributed by atoms with Gasteiger partial charge < -0.3 is 9.64 Å². The highest BCUT2D eigenvalue weighted by Crippen LogP contribution is 2.27. The van der Waals surface area contributed by atoms with Gasteiger partial charge in [-0.05, 0) is 36.8 Å². The maximum Gasteiger partial charge on any atom is 0.255 e. The number of ether oxygens (including phenoxy) is 1. The molecular weight excluding hydrogens is 321 g/mol. The van der Waals surface area contributed by atoms with Crippen LogP contribution in [0.4, 0.5) is 0 Å². The van der Waals surface area contributed by atoms with Gasteiger partial charge in [-0.25, -0.2) is 0 Å². The maximum atomic E-state index is 12.6. The highest BCUT2D eigenvalue weighted by atomic mass is 35.5. The summed E-state index contributed by atoms with van der Waals surface area (Å²) in [6.07, 6.45) is 0. The Morgan fingerprint density at radius 2 is 1.82 bits per heavy atom. The second-order valence-corrected chi connectivity index (χ2v) is 5.55. The summed E-state index contributed by atoms with van der Waals surface area (Å²) < 4.78 is 5.13. The van der Waals surface area contributed by atoms with Gasteiger partial charge in [0, 0.05) is 13.1 Å². The zero-order chi connectivity index (χ0) is 16.1. The summed E-state index contributed by atoms with van der Waals surface area (Å²) in [7, 11) is 1.62. The fraction of sp³-hybridized carbons (Fsp3) is 0.235. The summed E-state index contributed by atoms with van der Waals surface area (Å²) in [6, 6.07) is 12.7. The Labute approximate surface area is 140 Å². The van der Waals surface area contributed by atoms with E-state index in [1.165, 1.54) is 0 Å². The number of carbonyl (C=O) groups excluding carboxylic acids is 1. The minimum atomic E-state index is -0.134. The molecule has 5 heteroatoms. The van der Waals surface area contributed by atoms with E-state index < -0.39 is 0 Å². The van der Waals surface area contributed by atoms with Gasteiger partial charge in [0.1, 0.15) is 5.75 Å². The van der Waals surface area contributed by atoms with Crippen molar-refractivity contribution in [3.63, 3.8) is 0 Å². The standard InChI is InChI=1S/C17H17Cl2NO2/c1-3-20(11-12-7-9-13(22-2)10-8-12)17(21)14-5-4-6-15(18)16(14)19/h4-10H,3,11H2,1-2H3. The average molecular weight is 338 g/mol. The van der Waals surface area contributed by atoms with Crippen LogP contribution in [0.15, 0.2) is 42.5 Å². The largest absolute Gasteiger partial charge is 0.497 e. The molecule has 2 aromatic carbocycles. The lowest BCUT2D eigenvalue weighted by Gasteiger charge is -2.22. The Hall–Kier alpha value is -1.71. The first-order valence-electron chi connectivity index (χ1n) is 6.93. The van der Waals surface area contributed by atoms with Crippen molar-refractivity contribution >= 4 is 29.1 Å². The molecule has 0 heterocycles. The molecule has 22 heavy (non-hydrogen) atoms. The Bertz CT molecular complexity index is 656. The minimum Gasteiger partial charge on any atom is -0.497 e. The molecule has 1 amide bonds. The molecule has 0 fully saturated rings. The summed E-state index contributed by atoms with van der Waals surface area (Å²) in [4.78, 5) is 14.4. The van der Waals surface area contributed by atoms with Crippen LogP contribution in [-0.2, 0) is 6.54 Å². The number of rotatable bonds is 5. The van der Waals surface area contributed by atoms with Crippen molar-refractivity contribution in [3.8, 4) is 5.75 Å². The predicted octanol–water partition coefficient (Wildman–Crippen LogP) is 4.66. The topological polar surface area (TPSA) is 29.5 Å². The van der Waals surface area contributed by atoms with Crippen LogP contribution in [0.5, 0.6) is 5.75 Å². The van der Waals surface area contributed by atoms with E-state index in [0.717, 1.165) is 11.3 Å². The summed E-state index contributed by atoms with van der Waals surface area (Å²) in [5.41, 5.74) is 1.44. The summed E-state index contributed by atoms with van der Waals surface area (Å²) in [5, 5.41) is 0.676. The van der Waals surface area contributed by atoms with Gasteiger partial charge in [0.15, 0.2) is 0 Å². The number of amides is 1. The molecule has 0 aliphatic heterocycles. The van der Waals surface area contributed by atoms with E-state index in [1.54, 1.807) is 30.2 Å². The van der Waals surface area contributed by atoms with Crippen molar-refractivity contribution in [2.75, 3.05) is 13.7 Å². The van der Waals surface area contributed by atoms with Crippen LogP contribution >= 0.6 is 23.2 Å². The highest BCUT2D eigenvalue weighted by molar-refractivity contribution is 6.43. The van der Waals surface area contributed by atoms with Gasteiger partial charge in [0.25, 0.3) is 5.91 Å². The van der Waals surface area contributed by atoms with Crippen LogP contribution < -0.4 is 4.74 Å². The number of nitrogens with zero attached hydrogens (tertiary/aromatic N) is 1. The van der Waals surface area contributed by atoms with Crippen molar-refractivity contribution < 1.29 is 9.53 Å². The van der Waals surface area contributed by atoms with Crippen LogP contribution in [0, 0.1) is 0 Å². The summed E-state index contributed by atoms with van der Waals surface area (Å²) in [6.45, 7) is 3.01. The highest BCUT2D eigenvalue weighted by Gasteiger charge is 2.18. The minimum absolute atomic E-state index is 0.134. The Balaban J connectivity index is 2.19.